The second-order valence-electron chi connectivity index (χ2n) is 9.35. The van der Waals surface area contributed by atoms with Crippen LogP contribution < -0.4 is 24.4 Å². The zero-order valence-corrected chi connectivity index (χ0v) is 25.7. The molecule has 0 radical (unpaired) electrons. The van der Waals surface area contributed by atoms with Crippen LogP contribution in [0.5, 0.6) is 11.5 Å². The van der Waals surface area contributed by atoms with E-state index in [0.717, 1.165) is 6.42 Å². The third-order valence-corrected chi connectivity index (χ3v) is 8.27. The van der Waals surface area contributed by atoms with E-state index in [0.29, 0.717) is 71.2 Å². The first-order valence-corrected chi connectivity index (χ1v) is 14.9. The molecule has 0 fully saturated rings. The van der Waals surface area contributed by atoms with Crippen molar-refractivity contribution in [2.75, 3.05) is 20.8 Å². The summed E-state index contributed by atoms with van der Waals surface area (Å²) in [6.45, 7) is 3.91. The van der Waals surface area contributed by atoms with Gasteiger partial charge in [-0.25, -0.2) is 9.79 Å². The lowest BCUT2D eigenvalue weighted by Crippen LogP contribution is -2.40. The first kappa shape index (κ1) is 29.7. The van der Waals surface area contributed by atoms with E-state index >= 15 is 0 Å². The number of carbonyl (C=O) groups is 1. The molecular formula is C31H28Cl2N2O6S. The predicted octanol–water partition coefficient (Wildman–Crippen LogP) is 6.16. The third kappa shape index (κ3) is 5.64. The van der Waals surface area contributed by atoms with Crippen LogP contribution in [-0.2, 0) is 9.53 Å². The number of furan rings is 1. The molecular weight excluding hydrogens is 599 g/mol. The maximum absolute atomic E-state index is 14.1. The highest BCUT2D eigenvalue weighted by molar-refractivity contribution is 7.07. The van der Waals surface area contributed by atoms with Crippen LogP contribution in [0.3, 0.4) is 0 Å². The number of aromatic nitrogens is 1. The molecule has 1 aliphatic rings. The van der Waals surface area contributed by atoms with Crippen molar-refractivity contribution in [3.05, 3.63) is 101 Å². The van der Waals surface area contributed by atoms with Gasteiger partial charge in [-0.2, -0.15) is 0 Å². The molecule has 0 N–H and O–H groups in total. The second-order valence-corrected chi connectivity index (χ2v) is 11.2. The Hall–Kier alpha value is -3.79. The maximum atomic E-state index is 14.1. The van der Waals surface area contributed by atoms with Crippen molar-refractivity contribution >= 4 is 46.6 Å². The van der Waals surface area contributed by atoms with Gasteiger partial charge in [0, 0.05) is 22.2 Å². The van der Waals surface area contributed by atoms with Gasteiger partial charge in [0.1, 0.15) is 29.1 Å². The van der Waals surface area contributed by atoms with Gasteiger partial charge in [-0.1, -0.05) is 47.9 Å². The summed E-state index contributed by atoms with van der Waals surface area (Å²) >= 11 is 13.7. The predicted molar refractivity (Wildman–Crippen MR) is 163 cm³/mol. The van der Waals surface area contributed by atoms with Gasteiger partial charge in [0.25, 0.3) is 5.56 Å². The summed E-state index contributed by atoms with van der Waals surface area (Å²) in [7, 11) is 3.09. The minimum Gasteiger partial charge on any atom is -0.497 e. The minimum atomic E-state index is -0.855. The Morgan fingerprint density at radius 1 is 1.10 bits per heavy atom. The van der Waals surface area contributed by atoms with Crippen molar-refractivity contribution in [3.8, 4) is 22.8 Å². The normalized spacial score (nSPS) is 14.9. The summed E-state index contributed by atoms with van der Waals surface area (Å²) in [6, 6.07) is 13.0. The number of esters is 1. The average Bonchev–Trinajstić information content (AvgIpc) is 3.57. The highest BCUT2D eigenvalue weighted by Crippen LogP contribution is 2.39. The quantitative estimate of drug-likeness (QED) is 0.207. The monoisotopic (exact) mass is 626 g/mol. The fourth-order valence-corrected chi connectivity index (χ4v) is 6.24. The van der Waals surface area contributed by atoms with Crippen molar-refractivity contribution in [1.82, 2.24) is 4.57 Å². The van der Waals surface area contributed by atoms with Crippen LogP contribution in [0.25, 0.3) is 17.4 Å². The molecule has 0 amide bonds. The van der Waals surface area contributed by atoms with Gasteiger partial charge in [-0.15, -0.1) is 0 Å². The van der Waals surface area contributed by atoms with Crippen LogP contribution in [0, 0.1) is 0 Å². The summed E-state index contributed by atoms with van der Waals surface area (Å²) < 4.78 is 24.6. The molecule has 1 aliphatic heterocycles. The number of nitrogens with zero attached hydrogens (tertiary/aromatic N) is 2. The topological polar surface area (TPSA) is 92.3 Å². The largest absolute Gasteiger partial charge is 0.497 e. The van der Waals surface area contributed by atoms with E-state index in [4.69, 9.17) is 46.8 Å². The van der Waals surface area contributed by atoms with Crippen LogP contribution in [-0.4, -0.2) is 31.4 Å². The van der Waals surface area contributed by atoms with E-state index in [1.54, 1.807) is 68.6 Å². The molecule has 4 aromatic rings. The average molecular weight is 628 g/mol. The van der Waals surface area contributed by atoms with Crippen molar-refractivity contribution in [3.63, 3.8) is 0 Å². The number of allylic oxidation sites excluding steroid dienone is 1. The number of thiazole rings is 1. The van der Waals surface area contributed by atoms with Gasteiger partial charge in [0.05, 0.1) is 41.7 Å². The standard InChI is InChI=1S/C31H28Cl2N2O6S/c1-5-7-23-27(30(37)40-6-2)28(21-15-18(38-3)9-12-24(21)39-4)35-29(36)26(42-31(35)34-23)16-19-10-13-25(41-19)20-14-17(32)8-11-22(20)33/h8-16,28H,5-7H2,1-4H3/b26-16-/t28-/m1/s1. The van der Waals surface area contributed by atoms with Gasteiger partial charge in [-0.05, 0) is 61.9 Å². The Kier molecular flexibility index (Phi) is 8.91. The number of halogens is 2. The van der Waals surface area contributed by atoms with E-state index in [-0.39, 0.29) is 12.2 Å². The summed E-state index contributed by atoms with van der Waals surface area (Å²) in [6.07, 6.45) is 2.91. The lowest BCUT2D eigenvalue weighted by atomic mass is 9.93. The van der Waals surface area contributed by atoms with Gasteiger partial charge in [0.2, 0.25) is 0 Å². The molecule has 0 unspecified atom stereocenters. The fraction of sp³-hybridized carbons (Fsp3) is 0.258. The molecule has 42 heavy (non-hydrogen) atoms. The number of rotatable bonds is 9. The number of fused-ring (bicyclic) bond motifs is 1. The van der Waals surface area contributed by atoms with Crippen molar-refractivity contribution < 1.29 is 23.4 Å². The molecule has 0 saturated heterocycles. The van der Waals surface area contributed by atoms with Crippen molar-refractivity contribution in [1.29, 1.82) is 0 Å². The van der Waals surface area contributed by atoms with E-state index in [2.05, 4.69) is 0 Å². The molecule has 11 heteroatoms. The smallest absolute Gasteiger partial charge is 0.338 e. The first-order valence-electron chi connectivity index (χ1n) is 13.3. The van der Waals surface area contributed by atoms with Crippen molar-refractivity contribution in [2.24, 2.45) is 4.99 Å². The molecule has 0 aliphatic carbocycles. The minimum absolute atomic E-state index is 0.172. The highest BCUT2D eigenvalue weighted by Gasteiger charge is 2.36. The highest BCUT2D eigenvalue weighted by atomic mass is 35.5. The summed E-state index contributed by atoms with van der Waals surface area (Å²) in [5, 5.41) is 1.01. The number of hydrogen-bond acceptors (Lipinski definition) is 8. The van der Waals surface area contributed by atoms with Crippen LogP contribution in [0.2, 0.25) is 10.0 Å². The lowest BCUT2D eigenvalue weighted by molar-refractivity contribution is -0.139. The first-order chi connectivity index (χ1) is 20.3. The molecule has 8 nitrogen and oxygen atoms in total. The zero-order valence-electron chi connectivity index (χ0n) is 23.4. The van der Waals surface area contributed by atoms with E-state index in [9.17, 15) is 9.59 Å². The SMILES string of the molecule is CCCC1=C(C(=O)OCC)[C@@H](c2cc(OC)ccc2OC)n2c(s/c(=C\c3ccc(-c4cc(Cl)ccc4Cl)o3)c2=O)=N1. The number of hydrogen-bond donors (Lipinski definition) is 0. The van der Waals surface area contributed by atoms with Crippen LogP contribution in [0.15, 0.2) is 74.0 Å². The fourth-order valence-electron chi connectivity index (χ4n) is 4.86. The zero-order chi connectivity index (χ0) is 30.0. The van der Waals surface area contributed by atoms with Gasteiger partial charge in [0.15, 0.2) is 4.80 Å². The maximum Gasteiger partial charge on any atom is 0.338 e. The molecule has 2 aromatic carbocycles. The summed E-state index contributed by atoms with van der Waals surface area (Å²) in [5.41, 5.74) is 1.73. The molecule has 1 atom stereocenters. The summed E-state index contributed by atoms with van der Waals surface area (Å²) in [5.74, 6) is 1.45. The molecule has 0 saturated carbocycles. The Labute approximate surface area is 256 Å². The molecule has 3 heterocycles. The number of carbonyl (C=O) groups excluding carboxylic acids is 1. The Morgan fingerprint density at radius 3 is 2.62 bits per heavy atom. The molecule has 218 valence electrons. The third-order valence-electron chi connectivity index (χ3n) is 6.72. The van der Waals surface area contributed by atoms with Crippen LogP contribution in [0.1, 0.15) is 44.1 Å². The number of benzene rings is 2. The van der Waals surface area contributed by atoms with E-state index in [1.165, 1.54) is 23.0 Å². The Morgan fingerprint density at radius 2 is 1.90 bits per heavy atom. The van der Waals surface area contributed by atoms with Gasteiger partial charge in [-0.3, -0.25) is 9.36 Å². The number of ether oxygens (including phenoxy) is 3. The Bertz CT molecular complexity index is 1870. The van der Waals surface area contributed by atoms with Crippen LogP contribution >= 0.6 is 34.5 Å². The molecule has 0 spiro atoms. The number of methoxy groups -OCH3 is 2. The molecule has 2 aromatic heterocycles. The van der Waals surface area contributed by atoms with Crippen LogP contribution in [0.4, 0.5) is 0 Å². The van der Waals surface area contributed by atoms with E-state index < -0.39 is 12.0 Å². The summed E-state index contributed by atoms with van der Waals surface area (Å²) in [4.78, 5) is 32.8. The van der Waals surface area contributed by atoms with E-state index in [1.807, 2.05) is 6.92 Å². The Balaban J connectivity index is 1.73. The van der Waals surface area contributed by atoms with Gasteiger partial charge < -0.3 is 18.6 Å². The lowest BCUT2D eigenvalue weighted by Gasteiger charge is -2.27. The van der Waals surface area contributed by atoms with Crippen molar-refractivity contribution in [2.45, 2.75) is 32.7 Å². The van der Waals surface area contributed by atoms with Gasteiger partial charge >= 0.3 is 5.97 Å². The molecule has 0 bridgehead atoms. The molecule has 5 rings (SSSR count). The second kappa shape index (κ2) is 12.6.